The van der Waals surface area contributed by atoms with Gasteiger partial charge in [-0.15, -0.1) is 22.7 Å². The van der Waals surface area contributed by atoms with Crippen LogP contribution in [0, 0.1) is 0 Å². The van der Waals surface area contributed by atoms with E-state index in [1.807, 2.05) is 12.1 Å². The van der Waals surface area contributed by atoms with Crippen molar-refractivity contribution in [1.82, 2.24) is 14.3 Å². The molecule has 0 saturated carbocycles. The first-order valence-electron chi connectivity index (χ1n) is 8.47. The van der Waals surface area contributed by atoms with E-state index in [-0.39, 0.29) is 5.91 Å². The standard InChI is InChI=1S/C17H18N4O3S3/c1-10(2)27(23,24)21-6-5-13-15(8-21)26-17(19-13)20-16(22)11-3-4-12-14(7-11)25-9-18-12/h3-4,7,9-10H,5-6,8H2,1-2H3,(H,19,20,22). The molecule has 0 spiro atoms. The smallest absolute Gasteiger partial charge is 0.257 e. The van der Waals surface area contributed by atoms with Crippen LogP contribution in [-0.4, -0.2) is 40.4 Å². The third-order valence-corrected chi connectivity index (χ3v) is 8.48. The van der Waals surface area contributed by atoms with Gasteiger partial charge < -0.3 is 0 Å². The predicted octanol–water partition coefficient (Wildman–Crippen LogP) is 3.10. The van der Waals surface area contributed by atoms with Crippen LogP contribution in [0.2, 0.25) is 0 Å². The fourth-order valence-electron chi connectivity index (χ4n) is 2.91. The third-order valence-electron chi connectivity index (χ3n) is 4.47. The van der Waals surface area contributed by atoms with E-state index in [0.29, 0.717) is 30.2 Å². The van der Waals surface area contributed by atoms with E-state index in [1.54, 1.807) is 25.4 Å². The molecule has 0 aliphatic carbocycles. The number of sulfonamides is 1. The number of rotatable bonds is 4. The van der Waals surface area contributed by atoms with E-state index >= 15 is 0 Å². The molecule has 2 aromatic heterocycles. The number of fused-ring (bicyclic) bond motifs is 2. The maximum Gasteiger partial charge on any atom is 0.257 e. The highest BCUT2D eigenvalue weighted by molar-refractivity contribution is 7.89. The Kier molecular flexibility index (Phi) is 4.75. The number of anilines is 1. The number of benzene rings is 1. The zero-order valence-corrected chi connectivity index (χ0v) is 17.2. The van der Waals surface area contributed by atoms with E-state index in [1.165, 1.54) is 27.0 Å². The molecular formula is C17H18N4O3S3. The van der Waals surface area contributed by atoms with Gasteiger partial charge in [-0.05, 0) is 32.0 Å². The molecule has 0 unspecified atom stereocenters. The molecule has 0 saturated heterocycles. The molecule has 1 N–H and O–H groups in total. The number of hydrogen-bond acceptors (Lipinski definition) is 7. The van der Waals surface area contributed by atoms with Crippen molar-refractivity contribution in [3.8, 4) is 0 Å². The van der Waals surface area contributed by atoms with Crippen molar-refractivity contribution < 1.29 is 13.2 Å². The van der Waals surface area contributed by atoms with Gasteiger partial charge in [0.2, 0.25) is 10.0 Å². The molecule has 0 bridgehead atoms. The molecule has 1 aliphatic heterocycles. The van der Waals surface area contributed by atoms with Gasteiger partial charge in [-0.3, -0.25) is 10.1 Å². The summed E-state index contributed by atoms with van der Waals surface area (Å²) in [7, 11) is -3.29. The van der Waals surface area contributed by atoms with E-state index in [0.717, 1.165) is 20.8 Å². The van der Waals surface area contributed by atoms with Gasteiger partial charge in [0, 0.05) is 30.0 Å². The summed E-state index contributed by atoms with van der Waals surface area (Å²) in [5, 5.41) is 2.88. The number of nitrogens with one attached hydrogen (secondary N) is 1. The van der Waals surface area contributed by atoms with Crippen LogP contribution < -0.4 is 5.32 Å². The lowest BCUT2D eigenvalue weighted by molar-refractivity contribution is 0.102. The third kappa shape index (κ3) is 3.49. The minimum absolute atomic E-state index is 0.233. The number of carbonyl (C=O) groups is 1. The normalized spacial score (nSPS) is 15.2. The van der Waals surface area contributed by atoms with Gasteiger partial charge in [-0.25, -0.2) is 18.4 Å². The molecular weight excluding hydrogens is 404 g/mol. The minimum Gasteiger partial charge on any atom is -0.298 e. The lowest BCUT2D eigenvalue weighted by Crippen LogP contribution is -2.39. The Bertz CT molecular complexity index is 1120. The summed E-state index contributed by atoms with van der Waals surface area (Å²) in [6, 6.07) is 5.37. The van der Waals surface area contributed by atoms with Gasteiger partial charge in [-0.1, -0.05) is 0 Å². The van der Waals surface area contributed by atoms with E-state index < -0.39 is 15.3 Å². The topological polar surface area (TPSA) is 92.3 Å². The maximum atomic E-state index is 12.5. The number of amides is 1. The highest BCUT2D eigenvalue weighted by Gasteiger charge is 2.31. The first-order valence-corrected chi connectivity index (χ1v) is 11.7. The van der Waals surface area contributed by atoms with Crippen LogP contribution in [0.1, 0.15) is 34.8 Å². The summed E-state index contributed by atoms with van der Waals surface area (Å²) in [5.41, 5.74) is 4.03. The zero-order valence-electron chi connectivity index (χ0n) is 14.8. The summed E-state index contributed by atoms with van der Waals surface area (Å²) >= 11 is 2.82. The zero-order chi connectivity index (χ0) is 19.2. The van der Waals surface area contributed by atoms with Gasteiger partial charge in [-0.2, -0.15) is 4.31 Å². The van der Waals surface area contributed by atoms with Crippen molar-refractivity contribution in [2.24, 2.45) is 0 Å². The molecule has 142 valence electrons. The lowest BCUT2D eigenvalue weighted by atomic mass is 10.2. The Morgan fingerprint density at radius 3 is 2.93 bits per heavy atom. The van der Waals surface area contributed by atoms with Crippen molar-refractivity contribution >= 4 is 54.0 Å². The van der Waals surface area contributed by atoms with Gasteiger partial charge in [0.05, 0.1) is 26.7 Å². The summed E-state index contributed by atoms with van der Waals surface area (Å²) in [6.45, 7) is 4.11. The van der Waals surface area contributed by atoms with E-state index in [9.17, 15) is 13.2 Å². The van der Waals surface area contributed by atoms with Crippen LogP contribution in [0.15, 0.2) is 23.7 Å². The van der Waals surface area contributed by atoms with Gasteiger partial charge in [0.1, 0.15) is 0 Å². The minimum atomic E-state index is -3.29. The predicted molar refractivity (Wildman–Crippen MR) is 108 cm³/mol. The molecule has 0 atom stereocenters. The largest absolute Gasteiger partial charge is 0.298 e. The second kappa shape index (κ2) is 6.93. The molecule has 7 nitrogen and oxygen atoms in total. The number of thiazole rings is 2. The Hall–Kier alpha value is -1.88. The van der Waals surface area contributed by atoms with Crippen LogP contribution >= 0.6 is 22.7 Å². The molecule has 3 heterocycles. The molecule has 1 aliphatic rings. The first-order chi connectivity index (χ1) is 12.8. The molecule has 0 fully saturated rings. The Morgan fingerprint density at radius 1 is 1.33 bits per heavy atom. The molecule has 1 amide bonds. The van der Waals surface area contributed by atoms with Gasteiger partial charge >= 0.3 is 0 Å². The number of hydrogen-bond donors (Lipinski definition) is 1. The summed E-state index contributed by atoms with van der Waals surface area (Å²) in [4.78, 5) is 22.1. The first kappa shape index (κ1) is 18.5. The van der Waals surface area contributed by atoms with E-state index in [2.05, 4.69) is 15.3 Å². The van der Waals surface area contributed by atoms with Crippen LogP contribution in [0.4, 0.5) is 5.13 Å². The van der Waals surface area contributed by atoms with Crippen molar-refractivity contribution in [2.75, 3.05) is 11.9 Å². The molecule has 10 heteroatoms. The number of carbonyl (C=O) groups excluding carboxylic acids is 1. The fourth-order valence-corrected chi connectivity index (χ4v) is 5.97. The molecule has 0 radical (unpaired) electrons. The fraction of sp³-hybridized carbons (Fsp3) is 0.353. The molecule has 27 heavy (non-hydrogen) atoms. The highest BCUT2D eigenvalue weighted by atomic mass is 32.2. The van der Waals surface area contributed by atoms with Crippen molar-refractivity contribution in [3.05, 3.63) is 39.8 Å². The second-order valence-electron chi connectivity index (χ2n) is 6.56. The summed E-state index contributed by atoms with van der Waals surface area (Å²) in [5.74, 6) is -0.233. The van der Waals surface area contributed by atoms with Gasteiger partial charge in [0.15, 0.2) is 5.13 Å². The maximum absolute atomic E-state index is 12.5. The monoisotopic (exact) mass is 422 g/mol. The average Bonchev–Trinajstić information content (AvgIpc) is 3.25. The molecule has 4 rings (SSSR count). The average molecular weight is 423 g/mol. The molecule has 1 aromatic carbocycles. The van der Waals surface area contributed by atoms with E-state index in [4.69, 9.17) is 0 Å². The quantitative estimate of drug-likeness (QED) is 0.697. The van der Waals surface area contributed by atoms with Crippen LogP contribution in [-0.2, 0) is 23.0 Å². The Labute approximate surface area is 165 Å². The van der Waals surface area contributed by atoms with Gasteiger partial charge in [0.25, 0.3) is 5.91 Å². The van der Waals surface area contributed by atoms with Crippen LogP contribution in [0.5, 0.6) is 0 Å². The molecule has 3 aromatic rings. The Morgan fingerprint density at radius 2 is 2.15 bits per heavy atom. The number of aromatic nitrogens is 2. The number of nitrogens with zero attached hydrogens (tertiary/aromatic N) is 3. The SMILES string of the molecule is CC(C)S(=O)(=O)N1CCc2nc(NC(=O)c3ccc4ncsc4c3)sc2C1. The summed E-state index contributed by atoms with van der Waals surface area (Å²) < 4.78 is 27.2. The van der Waals surface area contributed by atoms with Crippen molar-refractivity contribution in [2.45, 2.75) is 32.1 Å². The highest BCUT2D eigenvalue weighted by Crippen LogP contribution is 2.30. The van der Waals surface area contributed by atoms with Crippen LogP contribution in [0.25, 0.3) is 10.2 Å². The van der Waals surface area contributed by atoms with Crippen LogP contribution in [0.3, 0.4) is 0 Å². The second-order valence-corrected chi connectivity index (χ2v) is 11.0. The Balaban J connectivity index is 1.52. The lowest BCUT2D eigenvalue weighted by Gasteiger charge is -2.26. The summed E-state index contributed by atoms with van der Waals surface area (Å²) in [6.07, 6.45) is 0.556. The van der Waals surface area contributed by atoms with Crippen molar-refractivity contribution in [1.29, 1.82) is 0 Å². The van der Waals surface area contributed by atoms with Crippen molar-refractivity contribution in [3.63, 3.8) is 0 Å².